The largest absolute Gasteiger partial charge is 0.379 e. The first-order chi connectivity index (χ1) is 16.5. The highest BCUT2D eigenvalue weighted by Crippen LogP contribution is 2.29. The van der Waals surface area contributed by atoms with E-state index in [-0.39, 0.29) is 23.7 Å². The molecule has 170 valence electrons. The van der Waals surface area contributed by atoms with Crippen molar-refractivity contribution in [2.24, 2.45) is 0 Å². The van der Waals surface area contributed by atoms with Gasteiger partial charge in [-0.3, -0.25) is 4.79 Å². The zero-order valence-corrected chi connectivity index (χ0v) is 18.8. The van der Waals surface area contributed by atoms with E-state index >= 15 is 0 Å². The number of carbonyl (C=O) groups is 1. The van der Waals surface area contributed by atoms with Gasteiger partial charge < -0.3 is 15.6 Å². The number of hydrogen-bond acceptors (Lipinski definition) is 3. The number of para-hydroxylation sites is 1. The molecule has 0 saturated heterocycles. The third kappa shape index (κ3) is 4.76. The van der Waals surface area contributed by atoms with Crippen molar-refractivity contribution >= 4 is 28.3 Å². The van der Waals surface area contributed by atoms with Crippen molar-refractivity contribution in [2.45, 2.75) is 25.3 Å². The molecule has 5 nitrogen and oxygen atoms in total. The highest BCUT2D eigenvalue weighted by molar-refractivity contribution is 6.05. The fourth-order valence-electron chi connectivity index (χ4n) is 4.11. The van der Waals surface area contributed by atoms with Crippen molar-refractivity contribution in [3.63, 3.8) is 0 Å². The van der Waals surface area contributed by atoms with Crippen LogP contribution in [-0.2, 0) is 0 Å². The summed E-state index contributed by atoms with van der Waals surface area (Å²) in [6.45, 7) is 2.09. The Hall–Kier alpha value is -4.19. The molecule has 34 heavy (non-hydrogen) atoms. The summed E-state index contributed by atoms with van der Waals surface area (Å²) in [6.07, 6.45) is 7.29. The van der Waals surface area contributed by atoms with Gasteiger partial charge in [-0.15, -0.1) is 0 Å². The number of aromatic nitrogens is 2. The van der Waals surface area contributed by atoms with Crippen molar-refractivity contribution in [1.82, 2.24) is 9.97 Å². The Bertz CT molecular complexity index is 1370. The quantitative estimate of drug-likeness (QED) is 0.316. The lowest BCUT2D eigenvalue weighted by Gasteiger charge is -2.21. The van der Waals surface area contributed by atoms with Crippen LogP contribution in [0.2, 0.25) is 0 Å². The zero-order valence-electron chi connectivity index (χ0n) is 18.8. The number of anilines is 2. The highest BCUT2D eigenvalue weighted by atomic mass is 19.1. The van der Waals surface area contributed by atoms with Crippen LogP contribution >= 0.6 is 0 Å². The summed E-state index contributed by atoms with van der Waals surface area (Å²) in [6, 6.07) is 21.4. The summed E-state index contributed by atoms with van der Waals surface area (Å²) in [4.78, 5) is 20.8. The minimum Gasteiger partial charge on any atom is -0.379 e. The van der Waals surface area contributed by atoms with Gasteiger partial charge in [0.1, 0.15) is 11.6 Å². The first-order valence-electron chi connectivity index (χ1n) is 11.3. The van der Waals surface area contributed by atoms with Crippen LogP contribution in [0.25, 0.3) is 11.0 Å². The van der Waals surface area contributed by atoms with E-state index < -0.39 is 0 Å². The average molecular weight is 453 g/mol. The molecular formula is C28H25FN4O. The molecule has 1 amide bonds. The molecule has 0 bridgehead atoms. The number of halogens is 1. The van der Waals surface area contributed by atoms with Crippen molar-refractivity contribution in [2.75, 3.05) is 10.6 Å². The topological polar surface area (TPSA) is 69.8 Å². The molecule has 0 fully saturated rings. The molecule has 0 radical (unpaired) electrons. The van der Waals surface area contributed by atoms with Crippen LogP contribution in [0.4, 0.5) is 15.8 Å². The van der Waals surface area contributed by atoms with Gasteiger partial charge in [0.2, 0.25) is 0 Å². The monoisotopic (exact) mass is 452 g/mol. The van der Waals surface area contributed by atoms with E-state index in [9.17, 15) is 9.18 Å². The smallest absolute Gasteiger partial charge is 0.255 e. The van der Waals surface area contributed by atoms with E-state index in [4.69, 9.17) is 4.98 Å². The molecule has 3 N–H and O–H groups in total. The first kappa shape index (κ1) is 21.6. The predicted octanol–water partition coefficient (Wildman–Crippen LogP) is 6.42. The summed E-state index contributed by atoms with van der Waals surface area (Å²) in [5.41, 5.74) is 5.07. The standard InChI is InChI=1S/C28H25FN4O/c1-18(30-24-14-12-22(29)13-15-24)19-7-9-20(10-8-19)27-32-25-16-11-21(17-26(25)33-27)28(34)31-23-5-3-2-4-6-23/h2-9,11-18,20,30H,10H2,1H3,(H,31,34)(H,32,33). The predicted molar refractivity (Wildman–Crippen MR) is 135 cm³/mol. The molecule has 0 aliphatic heterocycles. The number of rotatable bonds is 6. The molecule has 4 aromatic rings. The number of carbonyl (C=O) groups excluding carboxylic acids is 1. The van der Waals surface area contributed by atoms with Crippen molar-refractivity contribution in [3.05, 3.63) is 114 Å². The number of imidazole rings is 1. The second-order valence-corrected chi connectivity index (χ2v) is 8.45. The van der Waals surface area contributed by atoms with Crippen LogP contribution in [0, 0.1) is 5.82 Å². The average Bonchev–Trinajstić information content (AvgIpc) is 3.30. The normalized spacial score (nSPS) is 16.2. The van der Waals surface area contributed by atoms with E-state index in [1.54, 1.807) is 18.2 Å². The fourth-order valence-corrected chi connectivity index (χ4v) is 4.11. The molecule has 2 atom stereocenters. The van der Waals surface area contributed by atoms with Crippen molar-refractivity contribution in [1.29, 1.82) is 0 Å². The summed E-state index contributed by atoms with van der Waals surface area (Å²) in [7, 11) is 0. The third-order valence-corrected chi connectivity index (χ3v) is 6.00. The van der Waals surface area contributed by atoms with Crippen LogP contribution in [0.15, 0.2) is 96.6 Å². The van der Waals surface area contributed by atoms with Gasteiger partial charge in [-0.1, -0.05) is 36.4 Å². The maximum absolute atomic E-state index is 13.1. The number of fused-ring (bicyclic) bond motifs is 1. The minimum absolute atomic E-state index is 0.101. The summed E-state index contributed by atoms with van der Waals surface area (Å²) in [5, 5.41) is 6.31. The molecule has 1 aromatic heterocycles. The third-order valence-electron chi connectivity index (χ3n) is 6.00. The Morgan fingerprint density at radius 2 is 1.85 bits per heavy atom. The SMILES string of the molecule is CC(Nc1ccc(F)cc1)C1=CCC(c2nc3ccc(C(=O)Nc4ccccc4)cc3[nH]2)C=C1. The summed E-state index contributed by atoms with van der Waals surface area (Å²) in [5.74, 6) is 0.613. The number of H-pyrrole nitrogens is 1. The minimum atomic E-state index is -0.243. The van der Waals surface area contributed by atoms with Crippen LogP contribution in [0.3, 0.4) is 0 Å². The van der Waals surface area contributed by atoms with E-state index in [1.807, 2.05) is 42.5 Å². The van der Waals surface area contributed by atoms with Crippen LogP contribution in [0.5, 0.6) is 0 Å². The van der Waals surface area contributed by atoms with E-state index in [0.717, 1.165) is 34.7 Å². The van der Waals surface area contributed by atoms with Crippen LogP contribution in [0.1, 0.15) is 35.4 Å². The maximum Gasteiger partial charge on any atom is 0.255 e. The molecule has 0 spiro atoms. The number of benzene rings is 3. The molecule has 0 saturated carbocycles. The molecular weight excluding hydrogens is 427 g/mol. The van der Waals surface area contributed by atoms with E-state index in [2.05, 4.69) is 40.8 Å². The molecule has 6 heteroatoms. The number of nitrogens with zero attached hydrogens (tertiary/aromatic N) is 1. The van der Waals surface area contributed by atoms with Gasteiger partial charge in [0.25, 0.3) is 5.91 Å². The van der Waals surface area contributed by atoms with Gasteiger partial charge in [0.15, 0.2) is 0 Å². The molecule has 1 aliphatic carbocycles. The molecule has 1 heterocycles. The number of allylic oxidation sites excluding steroid dienone is 2. The molecule has 5 rings (SSSR count). The summed E-state index contributed by atoms with van der Waals surface area (Å²) >= 11 is 0. The van der Waals surface area contributed by atoms with Crippen LogP contribution in [-0.4, -0.2) is 21.9 Å². The van der Waals surface area contributed by atoms with Gasteiger partial charge in [-0.2, -0.15) is 0 Å². The Morgan fingerprint density at radius 1 is 1.06 bits per heavy atom. The summed E-state index contributed by atoms with van der Waals surface area (Å²) < 4.78 is 13.1. The van der Waals surface area contributed by atoms with Gasteiger partial charge in [-0.05, 0) is 73.5 Å². The van der Waals surface area contributed by atoms with Gasteiger partial charge in [0, 0.05) is 28.9 Å². The second kappa shape index (κ2) is 9.35. The second-order valence-electron chi connectivity index (χ2n) is 8.45. The first-order valence-corrected chi connectivity index (χ1v) is 11.3. The lowest BCUT2D eigenvalue weighted by molar-refractivity contribution is 0.102. The van der Waals surface area contributed by atoms with Gasteiger partial charge in [-0.25, -0.2) is 9.37 Å². The highest BCUT2D eigenvalue weighted by Gasteiger charge is 2.18. The maximum atomic E-state index is 13.1. The number of hydrogen-bond donors (Lipinski definition) is 3. The Morgan fingerprint density at radius 3 is 2.59 bits per heavy atom. The fraction of sp³-hybridized carbons (Fsp3) is 0.143. The van der Waals surface area contributed by atoms with Gasteiger partial charge >= 0.3 is 0 Å². The Labute approximate surface area is 197 Å². The van der Waals surface area contributed by atoms with Crippen LogP contribution < -0.4 is 10.6 Å². The lowest BCUT2D eigenvalue weighted by atomic mass is 9.93. The van der Waals surface area contributed by atoms with E-state index in [1.165, 1.54) is 17.7 Å². The van der Waals surface area contributed by atoms with Crippen molar-refractivity contribution < 1.29 is 9.18 Å². The lowest BCUT2D eigenvalue weighted by Crippen LogP contribution is -2.18. The molecule has 3 aromatic carbocycles. The number of aromatic amines is 1. The number of amides is 1. The Kier molecular flexibility index (Phi) is 5.95. The Balaban J connectivity index is 1.26. The molecule has 1 aliphatic rings. The zero-order chi connectivity index (χ0) is 23.5. The molecule has 2 unspecified atom stereocenters. The number of nitrogens with one attached hydrogen (secondary N) is 3. The van der Waals surface area contributed by atoms with Crippen molar-refractivity contribution in [3.8, 4) is 0 Å². The van der Waals surface area contributed by atoms with Gasteiger partial charge in [0.05, 0.1) is 11.0 Å². The van der Waals surface area contributed by atoms with E-state index in [0.29, 0.717) is 5.56 Å².